The van der Waals surface area contributed by atoms with Gasteiger partial charge < -0.3 is 0 Å². The van der Waals surface area contributed by atoms with Crippen LogP contribution in [0.2, 0.25) is 0 Å². The highest BCUT2D eigenvalue weighted by Gasteiger charge is 2.33. The molecule has 0 N–H and O–H groups in total. The third kappa shape index (κ3) is 3.22. The SMILES string of the molecule is CCCCCC(Br)C1c2cc(Br)ccc2-c2ccc(Br)cc21. The van der Waals surface area contributed by atoms with E-state index in [-0.39, 0.29) is 0 Å². The standard InChI is InChI=1S/C19H19Br3/c1-2-3-4-5-18(22)19-16-10-12(20)6-8-14(16)15-9-7-13(21)11-17(15)19/h6-11,18-19H,2-5H2,1H3. The molecule has 1 aliphatic carbocycles. The second-order valence-electron chi connectivity index (χ2n) is 5.95. The number of unbranched alkanes of at least 4 members (excludes halogenated alkanes) is 2. The summed E-state index contributed by atoms with van der Waals surface area (Å²) in [5.41, 5.74) is 5.66. The molecule has 2 aromatic rings. The summed E-state index contributed by atoms with van der Waals surface area (Å²) in [7, 11) is 0. The lowest BCUT2D eigenvalue weighted by molar-refractivity contribution is 0.620. The van der Waals surface area contributed by atoms with E-state index in [0.29, 0.717) is 10.7 Å². The number of halogens is 3. The van der Waals surface area contributed by atoms with Gasteiger partial charge in [0.15, 0.2) is 0 Å². The molecule has 1 atom stereocenters. The molecule has 116 valence electrons. The normalized spacial score (nSPS) is 14.7. The molecule has 1 unspecified atom stereocenters. The van der Waals surface area contributed by atoms with Crippen LogP contribution in [0.5, 0.6) is 0 Å². The van der Waals surface area contributed by atoms with Gasteiger partial charge in [-0.1, -0.05) is 86.1 Å². The zero-order valence-electron chi connectivity index (χ0n) is 12.6. The van der Waals surface area contributed by atoms with Crippen molar-refractivity contribution in [2.24, 2.45) is 0 Å². The second kappa shape index (κ2) is 7.19. The van der Waals surface area contributed by atoms with Crippen molar-refractivity contribution in [1.82, 2.24) is 0 Å². The molecule has 0 saturated carbocycles. The van der Waals surface area contributed by atoms with Crippen molar-refractivity contribution in [3.05, 3.63) is 56.5 Å². The Morgan fingerprint density at radius 2 is 1.45 bits per heavy atom. The zero-order valence-corrected chi connectivity index (χ0v) is 17.3. The Hall–Kier alpha value is -0.120. The number of alkyl halides is 1. The fourth-order valence-electron chi connectivity index (χ4n) is 3.39. The maximum atomic E-state index is 3.99. The third-order valence-corrected chi connectivity index (χ3v) is 6.41. The van der Waals surface area contributed by atoms with Gasteiger partial charge in [0.05, 0.1) is 0 Å². The van der Waals surface area contributed by atoms with E-state index in [0.717, 1.165) is 8.95 Å². The first-order valence-electron chi connectivity index (χ1n) is 7.85. The summed E-state index contributed by atoms with van der Waals surface area (Å²) < 4.78 is 2.33. The summed E-state index contributed by atoms with van der Waals surface area (Å²) in [6.07, 6.45) is 5.09. The van der Waals surface area contributed by atoms with E-state index < -0.39 is 0 Å². The van der Waals surface area contributed by atoms with E-state index in [2.05, 4.69) is 91.1 Å². The minimum atomic E-state index is 0.442. The average molecular weight is 487 g/mol. The maximum Gasteiger partial charge on any atom is 0.0255 e. The van der Waals surface area contributed by atoms with E-state index >= 15 is 0 Å². The van der Waals surface area contributed by atoms with Crippen molar-refractivity contribution < 1.29 is 0 Å². The predicted molar refractivity (Wildman–Crippen MR) is 106 cm³/mol. The Kier molecular flexibility index (Phi) is 5.47. The number of benzene rings is 2. The van der Waals surface area contributed by atoms with E-state index in [1.54, 1.807) is 0 Å². The van der Waals surface area contributed by atoms with Crippen molar-refractivity contribution in [2.75, 3.05) is 0 Å². The molecule has 0 aliphatic heterocycles. The van der Waals surface area contributed by atoms with Crippen LogP contribution in [0.25, 0.3) is 11.1 Å². The first kappa shape index (κ1) is 16.7. The van der Waals surface area contributed by atoms with Crippen LogP contribution in [-0.2, 0) is 0 Å². The maximum absolute atomic E-state index is 3.99. The molecule has 3 heteroatoms. The molecule has 0 saturated heterocycles. The third-order valence-electron chi connectivity index (χ3n) is 4.43. The van der Waals surface area contributed by atoms with Gasteiger partial charge in [0.2, 0.25) is 0 Å². The zero-order chi connectivity index (χ0) is 15.7. The summed E-state index contributed by atoms with van der Waals surface area (Å²) in [5.74, 6) is 0.442. The predicted octanol–water partition coefficient (Wildman–Crippen LogP) is 7.67. The van der Waals surface area contributed by atoms with Gasteiger partial charge in [-0.3, -0.25) is 0 Å². The average Bonchev–Trinajstić information content (AvgIpc) is 2.79. The van der Waals surface area contributed by atoms with E-state index in [9.17, 15) is 0 Å². The Morgan fingerprint density at radius 3 is 1.95 bits per heavy atom. The van der Waals surface area contributed by atoms with Crippen LogP contribution in [0.3, 0.4) is 0 Å². The number of fused-ring (bicyclic) bond motifs is 3. The Bertz CT molecular complexity index is 627. The molecule has 0 amide bonds. The Labute approximate surface area is 158 Å². The highest BCUT2D eigenvalue weighted by atomic mass is 79.9. The smallest absolute Gasteiger partial charge is 0.0255 e. The molecule has 0 aromatic heterocycles. The molecule has 0 nitrogen and oxygen atoms in total. The van der Waals surface area contributed by atoms with Crippen LogP contribution < -0.4 is 0 Å². The van der Waals surface area contributed by atoms with Crippen LogP contribution >= 0.6 is 47.8 Å². The first-order chi connectivity index (χ1) is 10.6. The van der Waals surface area contributed by atoms with Gasteiger partial charge in [-0.2, -0.15) is 0 Å². The van der Waals surface area contributed by atoms with Crippen LogP contribution in [0.4, 0.5) is 0 Å². The minimum absolute atomic E-state index is 0.442. The van der Waals surface area contributed by atoms with Gasteiger partial charge in [0, 0.05) is 19.7 Å². The monoisotopic (exact) mass is 484 g/mol. The molecule has 22 heavy (non-hydrogen) atoms. The van der Waals surface area contributed by atoms with Gasteiger partial charge >= 0.3 is 0 Å². The van der Waals surface area contributed by atoms with Crippen LogP contribution in [0.1, 0.15) is 49.7 Å². The highest BCUT2D eigenvalue weighted by molar-refractivity contribution is 9.10. The van der Waals surface area contributed by atoms with Gasteiger partial charge in [0.1, 0.15) is 0 Å². The van der Waals surface area contributed by atoms with Gasteiger partial charge in [0.25, 0.3) is 0 Å². The van der Waals surface area contributed by atoms with E-state index in [1.165, 1.54) is 47.9 Å². The van der Waals surface area contributed by atoms with Crippen molar-refractivity contribution in [3.8, 4) is 11.1 Å². The topological polar surface area (TPSA) is 0 Å². The largest absolute Gasteiger partial charge is 0.0880 e. The van der Waals surface area contributed by atoms with Crippen molar-refractivity contribution in [1.29, 1.82) is 0 Å². The molecule has 0 fully saturated rings. The molecule has 3 rings (SSSR count). The van der Waals surface area contributed by atoms with Crippen LogP contribution in [-0.4, -0.2) is 4.83 Å². The summed E-state index contributed by atoms with van der Waals surface area (Å²) in [6.45, 7) is 2.26. The first-order valence-corrected chi connectivity index (χ1v) is 10.3. The van der Waals surface area contributed by atoms with Crippen LogP contribution in [0, 0.1) is 0 Å². The summed E-state index contributed by atoms with van der Waals surface area (Å²) in [5, 5.41) is 0. The van der Waals surface area contributed by atoms with Gasteiger partial charge in [-0.05, 0) is 52.9 Å². The Balaban J connectivity index is 2.01. The molecule has 0 heterocycles. The summed E-state index contributed by atoms with van der Waals surface area (Å²) in [4.78, 5) is 0.489. The molecule has 1 aliphatic rings. The minimum Gasteiger partial charge on any atom is -0.0880 e. The highest BCUT2D eigenvalue weighted by Crippen LogP contribution is 2.50. The van der Waals surface area contributed by atoms with Gasteiger partial charge in [-0.25, -0.2) is 0 Å². The second-order valence-corrected chi connectivity index (χ2v) is 8.96. The number of hydrogen-bond acceptors (Lipinski definition) is 0. The Morgan fingerprint density at radius 1 is 0.909 bits per heavy atom. The van der Waals surface area contributed by atoms with Crippen LogP contribution in [0.15, 0.2) is 45.3 Å². The van der Waals surface area contributed by atoms with Crippen molar-refractivity contribution in [2.45, 2.75) is 43.4 Å². The lowest BCUT2D eigenvalue weighted by atomic mass is 9.91. The lowest BCUT2D eigenvalue weighted by Gasteiger charge is -2.20. The lowest BCUT2D eigenvalue weighted by Crippen LogP contribution is -2.11. The quantitative estimate of drug-likeness (QED) is 0.300. The van der Waals surface area contributed by atoms with E-state index in [4.69, 9.17) is 0 Å². The molecular weight excluding hydrogens is 468 g/mol. The number of rotatable bonds is 5. The van der Waals surface area contributed by atoms with Gasteiger partial charge in [-0.15, -0.1) is 0 Å². The molecular formula is C19H19Br3. The molecule has 0 spiro atoms. The van der Waals surface area contributed by atoms with Crippen molar-refractivity contribution >= 4 is 47.8 Å². The number of hydrogen-bond donors (Lipinski definition) is 0. The summed E-state index contributed by atoms with van der Waals surface area (Å²) in [6, 6.07) is 13.4. The molecule has 2 aromatic carbocycles. The van der Waals surface area contributed by atoms with Crippen molar-refractivity contribution in [3.63, 3.8) is 0 Å². The fraction of sp³-hybridized carbons (Fsp3) is 0.368. The fourth-order valence-corrected chi connectivity index (χ4v) is 5.04. The molecule has 0 radical (unpaired) electrons. The summed E-state index contributed by atoms with van der Waals surface area (Å²) >= 11 is 11.3. The molecule has 0 bridgehead atoms. The van der Waals surface area contributed by atoms with E-state index in [1.807, 2.05) is 0 Å².